The molecule has 18 heavy (non-hydrogen) atoms. The van der Waals surface area contributed by atoms with Gasteiger partial charge in [-0.05, 0) is 19.1 Å². The summed E-state index contributed by atoms with van der Waals surface area (Å²) >= 11 is 0.468. The molecular formula is C10H13FN2O3S2. The number of hydrogen-bond donors (Lipinski definition) is 0. The number of rotatable bonds is 4. The van der Waals surface area contributed by atoms with Gasteiger partial charge in [0.25, 0.3) is 10.0 Å². The van der Waals surface area contributed by atoms with Crippen molar-refractivity contribution in [3.8, 4) is 0 Å². The van der Waals surface area contributed by atoms with Gasteiger partial charge in [0.15, 0.2) is 0 Å². The number of benzene rings is 1. The van der Waals surface area contributed by atoms with Gasteiger partial charge in [-0.15, -0.1) is 8.10 Å². The quantitative estimate of drug-likeness (QED) is 0.485. The maximum absolute atomic E-state index is 12.3. The van der Waals surface area contributed by atoms with Crippen LogP contribution in [-0.2, 0) is 10.0 Å². The van der Waals surface area contributed by atoms with E-state index in [0.29, 0.717) is 16.4 Å². The van der Waals surface area contributed by atoms with Crippen molar-refractivity contribution in [2.45, 2.75) is 11.8 Å². The van der Waals surface area contributed by atoms with Crippen molar-refractivity contribution in [2.75, 3.05) is 14.1 Å². The Hall–Kier alpha value is -1.12. The maximum atomic E-state index is 12.3. The second-order valence-electron chi connectivity index (χ2n) is 3.56. The van der Waals surface area contributed by atoms with E-state index in [2.05, 4.69) is 0 Å². The fraction of sp³-hybridized carbons (Fsp3) is 0.300. The highest BCUT2D eigenvalue weighted by atomic mass is 32.3. The molecular weight excluding hydrogens is 279 g/mol. The molecule has 5 nitrogen and oxygen atoms in total. The lowest BCUT2D eigenvalue weighted by molar-refractivity contribution is 0.209. The Morgan fingerprint density at radius 3 is 2.17 bits per heavy atom. The van der Waals surface area contributed by atoms with Crippen molar-refractivity contribution >= 4 is 28.3 Å². The normalized spacial score (nSPS) is 11.6. The smallest absolute Gasteiger partial charge is 0.247 e. The lowest BCUT2D eigenvalue weighted by Gasteiger charge is -2.19. The summed E-state index contributed by atoms with van der Waals surface area (Å²) < 4.78 is 37.9. The molecule has 0 atom stereocenters. The number of carbonyl (C=O) groups is 1. The van der Waals surface area contributed by atoms with E-state index >= 15 is 0 Å². The third-order valence-corrected chi connectivity index (χ3v) is 5.09. The average Bonchev–Trinajstić information content (AvgIpc) is 2.29. The molecule has 0 saturated carbocycles. The number of carbonyl (C=O) groups excluding carboxylic acids is 1. The zero-order valence-electron chi connectivity index (χ0n) is 10.1. The summed E-state index contributed by atoms with van der Waals surface area (Å²) in [6, 6.07) is 6.24. The van der Waals surface area contributed by atoms with E-state index in [0.717, 1.165) is 16.3 Å². The Balaban J connectivity index is 2.93. The van der Waals surface area contributed by atoms with Crippen molar-refractivity contribution in [1.29, 1.82) is 0 Å². The van der Waals surface area contributed by atoms with E-state index in [4.69, 9.17) is 0 Å². The number of amides is 1. The Morgan fingerprint density at radius 2 is 1.72 bits per heavy atom. The molecule has 0 aliphatic heterocycles. The van der Waals surface area contributed by atoms with Crippen LogP contribution in [0, 0.1) is 6.92 Å². The summed E-state index contributed by atoms with van der Waals surface area (Å²) in [5.74, 6) is 0. The summed E-state index contributed by atoms with van der Waals surface area (Å²) in [6.07, 6.45) is -1.72. The van der Waals surface area contributed by atoms with Crippen LogP contribution in [0.2, 0.25) is 0 Å². The Kier molecular flexibility index (Phi) is 4.71. The Morgan fingerprint density at radius 1 is 1.22 bits per heavy atom. The number of halogens is 1. The van der Waals surface area contributed by atoms with E-state index in [9.17, 15) is 17.6 Å². The highest BCUT2D eigenvalue weighted by Gasteiger charge is 2.24. The maximum Gasteiger partial charge on any atom is 0.410 e. The first-order chi connectivity index (χ1) is 8.25. The van der Waals surface area contributed by atoms with Gasteiger partial charge in [0.1, 0.15) is 0 Å². The van der Waals surface area contributed by atoms with Gasteiger partial charge in [0.05, 0.1) is 17.0 Å². The average molecular weight is 292 g/mol. The largest absolute Gasteiger partial charge is 0.410 e. The second kappa shape index (κ2) is 5.68. The molecule has 0 aliphatic carbocycles. The standard InChI is InChI=1S/C10H13FN2O3S2/c1-8-4-6-9(7-5-8)18(15,16)13(3)17-12(2)10(11)14/h4-7H,1-3H3. The van der Waals surface area contributed by atoms with Crippen LogP contribution in [-0.4, -0.2) is 36.7 Å². The lowest BCUT2D eigenvalue weighted by atomic mass is 10.2. The van der Waals surface area contributed by atoms with Gasteiger partial charge in [-0.3, -0.25) is 0 Å². The third-order valence-electron chi connectivity index (χ3n) is 2.14. The molecule has 0 saturated heterocycles. The molecule has 0 N–H and O–H groups in total. The predicted octanol–water partition coefficient (Wildman–Crippen LogP) is 2.20. The van der Waals surface area contributed by atoms with Crippen LogP contribution in [0.3, 0.4) is 0 Å². The first-order valence-corrected chi connectivity index (χ1v) is 7.09. The highest BCUT2D eigenvalue weighted by molar-refractivity contribution is 8.07. The zero-order valence-corrected chi connectivity index (χ0v) is 11.8. The van der Waals surface area contributed by atoms with Crippen LogP contribution in [0.5, 0.6) is 0 Å². The summed E-state index contributed by atoms with van der Waals surface area (Å²) in [5.41, 5.74) is 0.931. The number of aryl methyl sites for hydroxylation is 1. The van der Waals surface area contributed by atoms with Gasteiger partial charge in [-0.1, -0.05) is 17.7 Å². The zero-order chi connectivity index (χ0) is 13.9. The summed E-state index contributed by atoms with van der Waals surface area (Å²) in [5, 5.41) is 0. The van der Waals surface area contributed by atoms with Crippen molar-refractivity contribution in [2.24, 2.45) is 0 Å². The molecule has 0 radical (unpaired) electrons. The second-order valence-corrected chi connectivity index (χ2v) is 7.02. The lowest BCUT2D eigenvalue weighted by Crippen LogP contribution is -2.26. The molecule has 0 fully saturated rings. The fourth-order valence-corrected chi connectivity index (χ4v) is 3.20. The minimum absolute atomic E-state index is 0.0859. The van der Waals surface area contributed by atoms with Crippen LogP contribution in [0.15, 0.2) is 29.2 Å². The van der Waals surface area contributed by atoms with Gasteiger partial charge >= 0.3 is 6.16 Å². The highest BCUT2D eigenvalue weighted by Crippen LogP contribution is 2.23. The minimum atomic E-state index is -3.75. The van der Waals surface area contributed by atoms with Crippen LogP contribution >= 0.6 is 12.1 Å². The molecule has 1 aromatic carbocycles. The Labute approximate surface area is 110 Å². The van der Waals surface area contributed by atoms with Gasteiger partial charge in [-0.25, -0.2) is 17.5 Å². The predicted molar refractivity (Wildman–Crippen MR) is 68.0 cm³/mol. The van der Waals surface area contributed by atoms with E-state index in [1.54, 1.807) is 12.1 Å². The Bertz CT molecular complexity index is 531. The number of hydrogen-bond acceptors (Lipinski definition) is 4. The van der Waals surface area contributed by atoms with Crippen molar-refractivity contribution < 1.29 is 17.6 Å². The van der Waals surface area contributed by atoms with Crippen LogP contribution in [0.25, 0.3) is 0 Å². The number of sulfonamides is 1. The summed E-state index contributed by atoms with van der Waals surface area (Å²) in [6.45, 7) is 1.84. The van der Waals surface area contributed by atoms with Crippen molar-refractivity contribution in [1.82, 2.24) is 8.02 Å². The van der Waals surface area contributed by atoms with Crippen LogP contribution < -0.4 is 0 Å². The first-order valence-electron chi connectivity index (χ1n) is 4.92. The summed E-state index contributed by atoms with van der Waals surface area (Å²) in [4.78, 5) is 10.5. The van der Waals surface area contributed by atoms with Crippen molar-refractivity contribution in [3.63, 3.8) is 0 Å². The van der Waals surface area contributed by atoms with E-state index in [1.807, 2.05) is 6.92 Å². The molecule has 0 aliphatic rings. The molecule has 1 amide bonds. The van der Waals surface area contributed by atoms with Gasteiger partial charge in [-0.2, -0.15) is 0 Å². The molecule has 1 rings (SSSR count). The van der Waals surface area contributed by atoms with Gasteiger partial charge < -0.3 is 0 Å². The van der Waals surface area contributed by atoms with E-state index in [1.165, 1.54) is 19.2 Å². The molecule has 8 heteroatoms. The molecule has 0 heterocycles. The molecule has 0 aromatic heterocycles. The molecule has 0 bridgehead atoms. The van der Waals surface area contributed by atoms with Gasteiger partial charge in [0.2, 0.25) is 0 Å². The monoisotopic (exact) mass is 292 g/mol. The first kappa shape index (κ1) is 14.9. The number of nitrogens with zero attached hydrogens (tertiary/aromatic N) is 2. The third kappa shape index (κ3) is 3.44. The topological polar surface area (TPSA) is 57.7 Å². The molecule has 100 valence electrons. The fourth-order valence-electron chi connectivity index (χ4n) is 1.11. The minimum Gasteiger partial charge on any atom is -0.247 e. The van der Waals surface area contributed by atoms with E-state index in [-0.39, 0.29) is 4.90 Å². The van der Waals surface area contributed by atoms with E-state index < -0.39 is 16.2 Å². The molecule has 0 spiro atoms. The molecule has 1 aromatic rings. The van der Waals surface area contributed by atoms with Crippen LogP contribution in [0.1, 0.15) is 5.56 Å². The van der Waals surface area contributed by atoms with Crippen molar-refractivity contribution in [3.05, 3.63) is 29.8 Å². The molecule has 0 unspecified atom stereocenters. The van der Waals surface area contributed by atoms with Crippen LogP contribution in [0.4, 0.5) is 9.18 Å². The SMILES string of the molecule is Cc1ccc(S(=O)(=O)N(C)SN(C)C(=O)F)cc1. The summed E-state index contributed by atoms with van der Waals surface area (Å²) in [7, 11) is -1.35. The van der Waals surface area contributed by atoms with Gasteiger partial charge in [0, 0.05) is 14.1 Å².